The van der Waals surface area contributed by atoms with Gasteiger partial charge in [0.15, 0.2) is 0 Å². The lowest BCUT2D eigenvalue weighted by molar-refractivity contribution is 0.0522. The summed E-state index contributed by atoms with van der Waals surface area (Å²) in [5.41, 5.74) is 2.84. The quantitative estimate of drug-likeness (QED) is 0.420. The Morgan fingerprint density at radius 2 is 2.07 bits per heavy atom. The number of phenols is 1. The van der Waals surface area contributed by atoms with Crippen molar-refractivity contribution in [3.05, 3.63) is 65.3 Å². The summed E-state index contributed by atoms with van der Waals surface area (Å²) >= 11 is 0. The summed E-state index contributed by atoms with van der Waals surface area (Å²) in [4.78, 5) is 12.6. The molecule has 0 amide bonds. The van der Waals surface area contributed by atoms with Gasteiger partial charge in [-0.3, -0.25) is 0 Å². The maximum absolute atomic E-state index is 12.6. The molecule has 0 heterocycles. The zero-order valence-corrected chi connectivity index (χ0v) is 19.0. The second kappa shape index (κ2) is 9.24. The SMILES string of the molecule is CCC(C)C1(C)C=CC(C2CCC(C)=CC2C)C(COC(=O)c2ccccc2O)=C1. The Balaban J connectivity index is 1.84. The molecule has 0 aliphatic heterocycles. The summed E-state index contributed by atoms with van der Waals surface area (Å²) in [6.45, 7) is 11.6. The Bertz CT molecular complexity index is 863. The van der Waals surface area contributed by atoms with Crippen molar-refractivity contribution in [1.29, 1.82) is 0 Å². The highest BCUT2D eigenvalue weighted by Gasteiger charge is 2.36. The van der Waals surface area contributed by atoms with E-state index < -0.39 is 5.97 Å². The van der Waals surface area contributed by atoms with E-state index in [2.05, 4.69) is 58.9 Å². The highest BCUT2D eigenvalue weighted by Crippen LogP contribution is 2.45. The Morgan fingerprint density at radius 1 is 1.33 bits per heavy atom. The third kappa shape index (κ3) is 4.71. The molecule has 1 aromatic rings. The second-order valence-electron chi connectivity index (χ2n) is 9.45. The van der Waals surface area contributed by atoms with Crippen LogP contribution in [0.25, 0.3) is 0 Å². The first-order valence-electron chi connectivity index (χ1n) is 11.3. The maximum atomic E-state index is 12.6. The molecule has 0 bridgehead atoms. The minimum atomic E-state index is -0.472. The Kier molecular flexibility index (Phi) is 6.90. The molecular weight excluding hydrogens is 372 g/mol. The van der Waals surface area contributed by atoms with Crippen LogP contribution in [-0.4, -0.2) is 17.7 Å². The number of phenolic OH excluding ortho intramolecular Hbond substituents is 1. The van der Waals surface area contributed by atoms with Gasteiger partial charge in [-0.2, -0.15) is 0 Å². The van der Waals surface area contributed by atoms with Gasteiger partial charge < -0.3 is 9.84 Å². The van der Waals surface area contributed by atoms with Crippen molar-refractivity contribution in [2.45, 2.75) is 53.9 Å². The molecule has 1 N–H and O–H groups in total. The van der Waals surface area contributed by atoms with Crippen LogP contribution in [0, 0.1) is 29.1 Å². The number of allylic oxidation sites excluding steroid dienone is 5. The van der Waals surface area contributed by atoms with E-state index in [4.69, 9.17) is 4.74 Å². The van der Waals surface area contributed by atoms with Crippen LogP contribution in [0.2, 0.25) is 0 Å². The first-order valence-corrected chi connectivity index (χ1v) is 11.3. The van der Waals surface area contributed by atoms with Gasteiger partial charge >= 0.3 is 5.97 Å². The standard InChI is InChI=1S/C27H36O3/c1-6-20(4)27(5)14-13-23(22-12-11-18(2)15-19(22)3)21(16-27)17-30-26(29)24-9-7-8-10-25(24)28/h7-10,13-16,19-20,22-23,28H,6,11-12,17H2,1-5H3. The maximum Gasteiger partial charge on any atom is 0.342 e. The van der Waals surface area contributed by atoms with Crippen LogP contribution in [0.1, 0.15) is 64.2 Å². The number of para-hydroxylation sites is 1. The molecule has 5 unspecified atom stereocenters. The topological polar surface area (TPSA) is 46.5 Å². The molecule has 30 heavy (non-hydrogen) atoms. The van der Waals surface area contributed by atoms with E-state index in [1.54, 1.807) is 18.2 Å². The molecule has 3 nitrogen and oxygen atoms in total. The fraction of sp³-hybridized carbons (Fsp3) is 0.519. The van der Waals surface area contributed by atoms with Gasteiger partial charge in [-0.05, 0) is 55.2 Å². The van der Waals surface area contributed by atoms with E-state index in [-0.39, 0.29) is 29.3 Å². The van der Waals surface area contributed by atoms with E-state index in [1.807, 2.05) is 0 Å². The highest BCUT2D eigenvalue weighted by molar-refractivity contribution is 5.92. The van der Waals surface area contributed by atoms with Crippen LogP contribution in [0.4, 0.5) is 0 Å². The first kappa shape index (κ1) is 22.4. The summed E-state index contributed by atoms with van der Waals surface area (Å²) < 4.78 is 5.72. The lowest BCUT2D eigenvalue weighted by Crippen LogP contribution is -2.32. The molecule has 2 aliphatic carbocycles. The minimum absolute atomic E-state index is 0.0362. The smallest absolute Gasteiger partial charge is 0.342 e. The molecule has 0 saturated heterocycles. The zero-order chi connectivity index (χ0) is 21.9. The Hall–Kier alpha value is -2.29. The van der Waals surface area contributed by atoms with Crippen molar-refractivity contribution in [3.8, 4) is 5.75 Å². The lowest BCUT2D eigenvalue weighted by atomic mass is 9.65. The lowest BCUT2D eigenvalue weighted by Gasteiger charge is -2.40. The molecule has 3 rings (SSSR count). The second-order valence-corrected chi connectivity index (χ2v) is 9.45. The van der Waals surface area contributed by atoms with Gasteiger partial charge in [0.2, 0.25) is 0 Å². The molecule has 162 valence electrons. The molecular formula is C27H36O3. The van der Waals surface area contributed by atoms with E-state index in [1.165, 1.54) is 17.2 Å². The predicted molar refractivity (Wildman–Crippen MR) is 122 cm³/mol. The van der Waals surface area contributed by atoms with Crippen LogP contribution in [0.3, 0.4) is 0 Å². The number of hydrogen-bond donors (Lipinski definition) is 1. The molecule has 0 aromatic heterocycles. The van der Waals surface area contributed by atoms with Crippen LogP contribution in [0.5, 0.6) is 5.75 Å². The van der Waals surface area contributed by atoms with Crippen molar-refractivity contribution >= 4 is 5.97 Å². The van der Waals surface area contributed by atoms with Crippen molar-refractivity contribution in [1.82, 2.24) is 0 Å². The molecule has 0 spiro atoms. The average molecular weight is 409 g/mol. The summed E-state index contributed by atoms with van der Waals surface area (Å²) in [6.07, 6.45) is 12.9. The molecule has 0 fully saturated rings. The molecule has 0 radical (unpaired) electrons. The molecule has 2 aliphatic rings. The number of esters is 1. The number of ether oxygens (including phenoxy) is 1. The third-order valence-corrected chi connectivity index (χ3v) is 7.31. The molecule has 5 atom stereocenters. The summed E-state index contributed by atoms with van der Waals surface area (Å²) in [7, 11) is 0. The van der Waals surface area contributed by atoms with Crippen molar-refractivity contribution in [2.75, 3.05) is 6.61 Å². The van der Waals surface area contributed by atoms with Crippen molar-refractivity contribution < 1.29 is 14.6 Å². The van der Waals surface area contributed by atoms with Gasteiger partial charge in [-0.1, -0.05) is 76.1 Å². The average Bonchev–Trinajstić information content (AvgIpc) is 2.72. The fourth-order valence-electron chi connectivity index (χ4n) is 4.97. The third-order valence-electron chi connectivity index (χ3n) is 7.31. The van der Waals surface area contributed by atoms with E-state index >= 15 is 0 Å². The number of carbonyl (C=O) groups is 1. The fourth-order valence-corrected chi connectivity index (χ4v) is 4.97. The van der Waals surface area contributed by atoms with Crippen LogP contribution in [-0.2, 0) is 4.74 Å². The molecule has 3 heteroatoms. The minimum Gasteiger partial charge on any atom is -0.507 e. The summed E-state index contributed by atoms with van der Waals surface area (Å²) in [6, 6.07) is 6.55. The zero-order valence-electron chi connectivity index (χ0n) is 19.0. The van der Waals surface area contributed by atoms with E-state index in [0.717, 1.165) is 19.3 Å². The summed E-state index contributed by atoms with van der Waals surface area (Å²) in [5, 5.41) is 9.99. The van der Waals surface area contributed by atoms with Gasteiger partial charge in [-0.25, -0.2) is 4.79 Å². The van der Waals surface area contributed by atoms with Crippen LogP contribution < -0.4 is 0 Å². The highest BCUT2D eigenvalue weighted by atomic mass is 16.5. The predicted octanol–water partition coefficient (Wildman–Crippen LogP) is 6.71. The molecule has 1 aromatic carbocycles. The van der Waals surface area contributed by atoms with Gasteiger partial charge in [0.1, 0.15) is 17.9 Å². The van der Waals surface area contributed by atoms with Crippen LogP contribution >= 0.6 is 0 Å². The van der Waals surface area contributed by atoms with Gasteiger partial charge in [0.25, 0.3) is 0 Å². The van der Waals surface area contributed by atoms with E-state index in [9.17, 15) is 9.90 Å². The number of hydrogen-bond acceptors (Lipinski definition) is 3. The Labute approximate surface area is 181 Å². The number of carbonyl (C=O) groups excluding carboxylic acids is 1. The van der Waals surface area contributed by atoms with Gasteiger partial charge in [-0.15, -0.1) is 0 Å². The molecule has 0 saturated carbocycles. The number of benzene rings is 1. The monoisotopic (exact) mass is 408 g/mol. The summed E-state index contributed by atoms with van der Waals surface area (Å²) in [5.74, 6) is 1.28. The first-order chi connectivity index (χ1) is 14.2. The normalized spacial score (nSPS) is 29.7. The number of aromatic hydroxyl groups is 1. The Morgan fingerprint density at radius 3 is 2.73 bits per heavy atom. The van der Waals surface area contributed by atoms with Gasteiger partial charge in [0.05, 0.1) is 0 Å². The largest absolute Gasteiger partial charge is 0.507 e. The van der Waals surface area contributed by atoms with Crippen molar-refractivity contribution in [2.24, 2.45) is 29.1 Å². The van der Waals surface area contributed by atoms with E-state index in [0.29, 0.717) is 17.8 Å². The van der Waals surface area contributed by atoms with Gasteiger partial charge in [0, 0.05) is 11.3 Å². The van der Waals surface area contributed by atoms with Crippen molar-refractivity contribution in [3.63, 3.8) is 0 Å². The number of rotatable bonds is 6. The van der Waals surface area contributed by atoms with Crippen LogP contribution in [0.15, 0.2) is 59.7 Å².